The maximum Gasteiger partial charge on any atom is 0.328 e. The van der Waals surface area contributed by atoms with Gasteiger partial charge in [-0.2, -0.15) is 5.16 Å². The van der Waals surface area contributed by atoms with Crippen LogP contribution >= 0.6 is 15.9 Å². The zero-order chi connectivity index (χ0) is 9.30. The van der Waals surface area contributed by atoms with Crippen LogP contribution in [-0.4, -0.2) is 16.2 Å². The molecule has 0 radical (unpaired) electrons. The number of halogens is 1. The molecule has 1 aromatic heterocycles. The summed E-state index contributed by atoms with van der Waals surface area (Å²) in [5.74, 6) is -1.38. The van der Waals surface area contributed by atoms with Gasteiger partial charge in [-0.05, 0) is 15.9 Å². The number of carbonyl (C=O) groups is 1. The molecule has 0 spiro atoms. The number of rotatable bonds is 2. The van der Waals surface area contributed by atoms with E-state index >= 15 is 0 Å². The van der Waals surface area contributed by atoms with E-state index in [2.05, 4.69) is 20.5 Å². The maximum absolute atomic E-state index is 10.7. The molecular weight excluding hydrogens is 232 g/mol. The van der Waals surface area contributed by atoms with Crippen molar-refractivity contribution in [3.63, 3.8) is 0 Å². The molecule has 1 rings (SSSR count). The number of hydrogen-bond acceptors (Lipinski definition) is 4. The molecule has 0 aliphatic rings. The van der Waals surface area contributed by atoms with E-state index < -0.39 is 17.6 Å². The third-order valence-electron chi connectivity index (χ3n) is 1.22. The molecule has 0 fully saturated rings. The second-order valence-corrected chi connectivity index (χ2v) is 2.82. The van der Waals surface area contributed by atoms with Gasteiger partial charge in [0.15, 0.2) is 11.8 Å². The average molecular weight is 237 g/mol. The summed E-state index contributed by atoms with van der Waals surface area (Å²) in [6, 6.07) is -1.33. The van der Waals surface area contributed by atoms with Crippen molar-refractivity contribution in [2.24, 2.45) is 5.73 Å². The van der Waals surface area contributed by atoms with Crippen LogP contribution in [0, 0.1) is 0 Å². The third kappa shape index (κ3) is 1.41. The molecule has 1 aromatic rings. The van der Waals surface area contributed by atoms with E-state index in [9.17, 15) is 9.59 Å². The predicted molar refractivity (Wildman–Crippen MR) is 41.6 cm³/mol. The zero-order valence-electron chi connectivity index (χ0n) is 5.70. The Bertz CT molecular complexity index is 355. The summed E-state index contributed by atoms with van der Waals surface area (Å²) in [4.78, 5) is 21.1. The second-order valence-electron chi connectivity index (χ2n) is 2.03. The molecule has 4 N–H and O–H groups in total. The normalized spacial score (nSPS) is 12.8. The molecule has 12 heavy (non-hydrogen) atoms. The molecule has 1 heterocycles. The SMILES string of the molecule is NC(C(=O)O)c1o[nH]c(=O)c1Br. The van der Waals surface area contributed by atoms with E-state index in [0.717, 1.165) is 0 Å². The van der Waals surface area contributed by atoms with Crippen molar-refractivity contribution in [3.8, 4) is 0 Å². The number of carboxylic acid groups (broad SMARTS) is 1. The van der Waals surface area contributed by atoms with Gasteiger partial charge in [0.05, 0.1) is 0 Å². The Kier molecular flexibility index (Phi) is 2.34. The molecular formula is C5H5BrN2O4. The highest BCUT2D eigenvalue weighted by atomic mass is 79.9. The van der Waals surface area contributed by atoms with E-state index in [1.54, 1.807) is 0 Å². The van der Waals surface area contributed by atoms with Crippen LogP contribution in [0.4, 0.5) is 0 Å². The minimum Gasteiger partial charge on any atom is -0.480 e. The van der Waals surface area contributed by atoms with E-state index in [4.69, 9.17) is 10.8 Å². The summed E-state index contributed by atoms with van der Waals surface area (Å²) >= 11 is 2.84. The molecule has 7 heteroatoms. The number of H-pyrrole nitrogens is 1. The highest BCUT2D eigenvalue weighted by Crippen LogP contribution is 2.17. The average Bonchev–Trinajstić information content (AvgIpc) is 2.32. The van der Waals surface area contributed by atoms with Gasteiger partial charge in [-0.15, -0.1) is 0 Å². The van der Waals surface area contributed by atoms with Crippen LogP contribution < -0.4 is 11.3 Å². The number of aromatic amines is 1. The molecule has 0 aliphatic heterocycles. The van der Waals surface area contributed by atoms with Crippen LogP contribution in [0.15, 0.2) is 13.8 Å². The first-order valence-corrected chi connectivity index (χ1v) is 3.68. The first-order valence-electron chi connectivity index (χ1n) is 2.89. The van der Waals surface area contributed by atoms with E-state index in [-0.39, 0.29) is 10.2 Å². The van der Waals surface area contributed by atoms with E-state index in [1.165, 1.54) is 0 Å². The Hall–Kier alpha value is -1.08. The first kappa shape index (κ1) is 9.01. The van der Waals surface area contributed by atoms with Gasteiger partial charge in [0.2, 0.25) is 0 Å². The lowest BCUT2D eigenvalue weighted by Gasteiger charge is -1.99. The smallest absolute Gasteiger partial charge is 0.328 e. The Morgan fingerprint density at radius 2 is 2.33 bits per heavy atom. The van der Waals surface area contributed by atoms with Crippen molar-refractivity contribution in [1.82, 2.24) is 5.16 Å². The Labute approximate surface area is 74.5 Å². The number of hydrogen-bond donors (Lipinski definition) is 3. The van der Waals surface area contributed by atoms with Crippen LogP contribution in [0.5, 0.6) is 0 Å². The topological polar surface area (TPSA) is 109 Å². The minimum atomic E-state index is -1.33. The largest absolute Gasteiger partial charge is 0.480 e. The van der Waals surface area contributed by atoms with E-state index in [1.807, 2.05) is 5.16 Å². The molecule has 0 amide bonds. The molecule has 0 aromatic carbocycles. The summed E-state index contributed by atoms with van der Waals surface area (Å²) in [6.45, 7) is 0. The van der Waals surface area contributed by atoms with Gasteiger partial charge in [-0.25, -0.2) is 0 Å². The zero-order valence-corrected chi connectivity index (χ0v) is 7.29. The van der Waals surface area contributed by atoms with Crippen molar-refractivity contribution in [2.45, 2.75) is 6.04 Å². The van der Waals surface area contributed by atoms with Crippen molar-refractivity contribution < 1.29 is 14.4 Å². The van der Waals surface area contributed by atoms with Crippen LogP contribution in [-0.2, 0) is 4.79 Å². The monoisotopic (exact) mass is 236 g/mol. The molecule has 0 saturated carbocycles. The number of nitrogens with two attached hydrogens (primary N) is 1. The molecule has 0 saturated heterocycles. The van der Waals surface area contributed by atoms with Crippen LogP contribution in [0.25, 0.3) is 0 Å². The quantitative estimate of drug-likeness (QED) is 0.660. The lowest BCUT2D eigenvalue weighted by atomic mass is 10.2. The Morgan fingerprint density at radius 3 is 2.67 bits per heavy atom. The van der Waals surface area contributed by atoms with Crippen LogP contribution in [0.3, 0.4) is 0 Å². The number of aromatic nitrogens is 1. The third-order valence-corrected chi connectivity index (χ3v) is 1.97. The first-order chi connectivity index (χ1) is 5.54. The van der Waals surface area contributed by atoms with Crippen LogP contribution in [0.2, 0.25) is 0 Å². The number of carboxylic acids is 1. The molecule has 1 unspecified atom stereocenters. The van der Waals surface area contributed by atoms with Gasteiger partial charge >= 0.3 is 5.97 Å². The van der Waals surface area contributed by atoms with Gasteiger partial charge in [0.25, 0.3) is 5.56 Å². The molecule has 0 aliphatic carbocycles. The highest BCUT2D eigenvalue weighted by molar-refractivity contribution is 9.10. The molecule has 6 nitrogen and oxygen atoms in total. The fourth-order valence-corrected chi connectivity index (χ4v) is 1.02. The summed E-state index contributed by atoms with van der Waals surface area (Å²) in [5, 5.41) is 10.4. The van der Waals surface area contributed by atoms with Crippen molar-refractivity contribution >= 4 is 21.9 Å². The predicted octanol–water partition coefficient (Wildman–Crippen LogP) is -0.185. The molecule has 66 valence electrons. The maximum atomic E-state index is 10.7. The van der Waals surface area contributed by atoms with Gasteiger partial charge in [0.1, 0.15) is 4.47 Å². The summed E-state index contributed by atoms with van der Waals surface area (Å²) in [6.07, 6.45) is 0. The van der Waals surface area contributed by atoms with Crippen molar-refractivity contribution in [3.05, 3.63) is 20.6 Å². The van der Waals surface area contributed by atoms with Crippen molar-refractivity contribution in [1.29, 1.82) is 0 Å². The fourth-order valence-electron chi connectivity index (χ4n) is 0.615. The molecule has 1 atom stereocenters. The number of nitrogens with one attached hydrogen (secondary N) is 1. The van der Waals surface area contributed by atoms with Gasteiger partial charge in [-0.3, -0.25) is 9.59 Å². The van der Waals surface area contributed by atoms with E-state index in [0.29, 0.717) is 0 Å². The highest BCUT2D eigenvalue weighted by Gasteiger charge is 2.23. The Morgan fingerprint density at radius 1 is 1.75 bits per heavy atom. The standard InChI is InChI=1S/C5H5BrN2O4/c6-1-3(2(7)5(10)11)12-8-4(1)9/h2H,7H2,(H,8,9)(H,10,11). The summed E-state index contributed by atoms with van der Waals surface area (Å²) in [7, 11) is 0. The number of aliphatic carboxylic acids is 1. The Balaban J connectivity index is 3.11. The second kappa shape index (κ2) is 3.11. The van der Waals surface area contributed by atoms with Crippen LogP contribution in [0.1, 0.15) is 11.8 Å². The summed E-state index contributed by atoms with van der Waals surface area (Å²) in [5.41, 5.74) is 4.63. The lowest BCUT2D eigenvalue weighted by Crippen LogP contribution is -2.20. The fraction of sp³-hybridized carbons (Fsp3) is 0.200. The van der Waals surface area contributed by atoms with Gasteiger partial charge in [0, 0.05) is 0 Å². The minimum absolute atomic E-state index is 0.0115. The van der Waals surface area contributed by atoms with Gasteiger partial charge < -0.3 is 15.4 Å². The summed E-state index contributed by atoms with van der Waals surface area (Å²) < 4.78 is 4.54. The van der Waals surface area contributed by atoms with Crippen molar-refractivity contribution in [2.75, 3.05) is 0 Å². The van der Waals surface area contributed by atoms with Gasteiger partial charge in [-0.1, -0.05) is 0 Å². The molecule has 0 bridgehead atoms. The lowest BCUT2D eigenvalue weighted by molar-refractivity contribution is -0.139.